The lowest BCUT2D eigenvalue weighted by molar-refractivity contribution is -0.164. The van der Waals surface area contributed by atoms with Crippen molar-refractivity contribution in [2.75, 3.05) is 38.7 Å². The number of aromatic nitrogens is 6. The van der Waals surface area contributed by atoms with Crippen molar-refractivity contribution in [3.63, 3.8) is 0 Å². The summed E-state index contributed by atoms with van der Waals surface area (Å²) in [6.07, 6.45) is -0.691. The van der Waals surface area contributed by atoms with Gasteiger partial charge in [0.2, 0.25) is 11.8 Å². The summed E-state index contributed by atoms with van der Waals surface area (Å²) in [5.74, 6) is 0.839. The fourth-order valence-electron chi connectivity index (χ4n) is 4.98. The zero-order chi connectivity index (χ0) is 25.7. The van der Waals surface area contributed by atoms with Crippen LogP contribution in [0, 0.1) is 0 Å². The van der Waals surface area contributed by atoms with Crippen molar-refractivity contribution in [3.05, 3.63) is 30.5 Å². The number of piperidine rings is 1. The summed E-state index contributed by atoms with van der Waals surface area (Å²) in [6, 6.07) is 5.93. The highest BCUT2D eigenvalue weighted by molar-refractivity contribution is 5.89. The van der Waals surface area contributed by atoms with Crippen molar-refractivity contribution in [1.82, 2.24) is 34.5 Å². The van der Waals surface area contributed by atoms with Crippen molar-refractivity contribution in [3.8, 4) is 17.0 Å². The third kappa shape index (κ3) is 4.35. The molecule has 2 fully saturated rings. The number of nitrogens with one attached hydrogen (secondary N) is 1. The highest BCUT2D eigenvalue weighted by Gasteiger charge is 2.39. The van der Waals surface area contributed by atoms with Crippen molar-refractivity contribution in [2.24, 2.45) is 0 Å². The molecule has 0 aliphatic carbocycles. The second kappa shape index (κ2) is 9.14. The minimum absolute atomic E-state index is 0.250. The summed E-state index contributed by atoms with van der Waals surface area (Å²) >= 11 is 0. The Kier molecular flexibility index (Phi) is 5.91. The molecule has 10 nitrogen and oxygen atoms in total. The van der Waals surface area contributed by atoms with Gasteiger partial charge >= 0.3 is 6.18 Å². The van der Waals surface area contributed by atoms with E-state index in [-0.39, 0.29) is 6.04 Å². The molecule has 37 heavy (non-hydrogen) atoms. The molecule has 5 heterocycles. The topological polar surface area (TPSA) is 94.6 Å². The summed E-state index contributed by atoms with van der Waals surface area (Å²) in [5.41, 5.74) is 2.71. The second-order valence-corrected chi connectivity index (χ2v) is 9.57. The lowest BCUT2D eigenvalue weighted by Gasteiger charge is -2.41. The molecule has 3 aromatic heterocycles. The van der Waals surface area contributed by atoms with Gasteiger partial charge in [0.25, 0.3) is 0 Å². The number of alkyl halides is 3. The Labute approximate surface area is 210 Å². The van der Waals surface area contributed by atoms with Gasteiger partial charge in [-0.2, -0.15) is 18.2 Å². The largest absolute Gasteiger partial charge is 0.479 e. The lowest BCUT2D eigenvalue weighted by Crippen LogP contribution is -2.53. The number of hydrogen-bond acceptors (Lipinski definition) is 8. The van der Waals surface area contributed by atoms with Crippen molar-refractivity contribution < 1.29 is 22.6 Å². The Morgan fingerprint density at radius 2 is 1.95 bits per heavy atom. The fourth-order valence-corrected chi connectivity index (χ4v) is 4.98. The van der Waals surface area contributed by atoms with Crippen LogP contribution in [0.2, 0.25) is 0 Å². The molecule has 0 bridgehead atoms. The van der Waals surface area contributed by atoms with Gasteiger partial charge in [-0.1, -0.05) is 11.3 Å². The van der Waals surface area contributed by atoms with Gasteiger partial charge in [-0.25, -0.2) is 9.20 Å². The molecule has 0 radical (unpaired) electrons. The summed E-state index contributed by atoms with van der Waals surface area (Å²) < 4.78 is 53.6. The van der Waals surface area contributed by atoms with E-state index in [0.29, 0.717) is 40.0 Å². The number of benzene rings is 1. The van der Waals surface area contributed by atoms with Gasteiger partial charge in [0, 0.05) is 30.9 Å². The standard InChI is InChI=1S/C24H27F3N8O2/c1-14(24(25,26)27)35-20-11-15(3-4-19(20)30-32-35)18-7-10-34-21(18)22(36-2)29-23(31-34)28-16-5-8-33(9-6-16)17-12-37-13-17/h3-4,7,10-11,14,16-17H,5-6,8-9,12-13H2,1-2H3,(H,28,31)/t14-/m1/s1. The number of ether oxygens (including phenoxy) is 2. The molecular formula is C24H27F3N8O2. The second-order valence-electron chi connectivity index (χ2n) is 9.57. The quantitative estimate of drug-likeness (QED) is 0.416. The number of methoxy groups -OCH3 is 1. The van der Waals surface area contributed by atoms with E-state index < -0.39 is 12.2 Å². The minimum Gasteiger partial charge on any atom is -0.479 e. The minimum atomic E-state index is -4.44. The van der Waals surface area contributed by atoms with Gasteiger partial charge in [-0.05, 0) is 43.5 Å². The molecule has 4 aromatic rings. The highest BCUT2D eigenvalue weighted by atomic mass is 19.4. The maximum atomic E-state index is 13.4. The normalized spacial score (nSPS) is 18.8. The summed E-state index contributed by atoms with van der Waals surface area (Å²) in [7, 11) is 1.54. The Hall–Kier alpha value is -3.45. The van der Waals surface area contributed by atoms with Crippen molar-refractivity contribution in [1.29, 1.82) is 0 Å². The van der Waals surface area contributed by atoms with Crippen molar-refractivity contribution in [2.45, 2.75) is 44.1 Å². The third-order valence-corrected chi connectivity index (χ3v) is 7.29. The average molecular weight is 517 g/mol. The number of rotatable bonds is 6. The van der Waals surface area contributed by atoms with Crippen LogP contribution in [0.4, 0.5) is 19.1 Å². The number of nitrogens with zero attached hydrogens (tertiary/aromatic N) is 7. The van der Waals surface area contributed by atoms with E-state index in [2.05, 4.69) is 30.6 Å². The average Bonchev–Trinajstić information content (AvgIpc) is 3.46. The first kappa shape index (κ1) is 23.9. The van der Waals surface area contributed by atoms with Crippen LogP contribution in [-0.4, -0.2) is 86.2 Å². The molecule has 2 aliphatic rings. The summed E-state index contributed by atoms with van der Waals surface area (Å²) in [4.78, 5) is 7.08. The van der Waals surface area contributed by atoms with E-state index in [4.69, 9.17) is 9.47 Å². The molecule has 1 aromatic carbocycles. The van der Waals surface area contributed by atoms with Crippen LogP contribution in [0.1, 0.15) is 25.8 Å². The summed E-state index contributed by atoms with van der Waals surface area (Å²) in [6.45, 7) is 4.70. The zero-order valence-corrected chi connectivity index (χ0v) is 20.4. The third-order valence-electron chi connectivity index (χ3n) is 7.29. The highest BCUT2D eigenvalue weighted by Crippen LogP contribution is 2.35. The molecule has 196 valence electrons. The molecule has 0 saturated carbocycles. The smallest absolute Gasteiger partial charge is 0.410 e. The molecule has 2 saturated heterocycles. The Bertz CT molecular complexity index is 1420. The lowest BCUT2D eigenvalue weighted by atomic mass is 10.0. The van der Waals surface area contributed by atoms with Gasteiger partial charge < -0.3 is 14.8 Å². The molecule has 1 N–H and O–H groups in total. The monoisotopic (exact) mass is 516 g/mol. The van der Waals surface area contributed by atoms with Gasteiger partial charge in [0.1, 0.15) is 17.1 Å². The van der Waals surface area contributed by atoms with Crippen LogP contribution in [0.5, 0.6) is 5.88 Å². The van der Waals surface area contributed by atoms with E-state index in [1.165, 1.54) is 7.11 Å². The van der Waals surface area contributed by atoms with Crippen LogP contribution in [0.25, 0.3) is 27.7 Å². The van der Waals surface area contributed by atoms with Gasteiger partial charge in [0.15, 0.2) is 0 Å². The number of fused-ring (bicyclic) bond motifs is 2. The molecule has 1 atom stereocenters. The number of likely N-dealkylation sites (tertiary alicyclic amines) is 1. The Balaban J connectivity index is 1.28. The fraction of sp³-hybridized carbons (Fsp3) is 0.500. The van der Waals surface area contributed by atoms with Crippen LogP contribution >= 0.6 is 0 Å². The maximum Gasteiger partial charge on any atom is 0.410 e. The van der Waals surface area contributed by atoms with Crippen LogP contribution in [0.15, 0.2) is 30.5 Å². The number of anilines is 1. The predicted molar refractivity (Wildman–Crippen MR) is 130 cm³/mol. The molecule has 2 aliphatic heterocycles. The van der Waals surface area contributed by atoms with E-state index in [1.807, 2.05) is 6.07 Å². The van der Waals surface area contributed by atoms with Crippen LogP contribution < -0.4 is 10.1 Å². The van der Waals surface area contributed by atoms with E-state index in [1.54, 1.807) is 28.9 Å². The molecular weight excluding hydrogens is 489 g/mol. The molecule has 6 rings (SSSR count). The van der Waals surface area contributed by atoms with E-state index in [0.717, 1.165) is 56.3 Å². The van der Waals surface area contributed by atoms with Gasteiger partial charge in [-0.15, -0.1) is 10.2 Å². The molecule has 13 heteroatoms. The summed E-state index contributed by atoms with van der Waals surface area (Å²) in [5, 5.41) is 15.7. The van der Waals surface area contributed by atoms with Crippen LogP contribution in [-0.2, 0) is 4.74 Å². The number of hydrogen-bond donors (Lipinski definition) is 1. The molecule has 0 amide bonds. The predicted octanol–water partition coefficient (Wildman–Crippen LogP) is 3.55. The molecule has 0 spiro atoms. The van der Waals surface area contributed by atoms with Crippen LogP contribution in [0.3, 0.4) is 0 Å². The van der Waals surface area contributed by atoms with Crippen molar-refractivity contribution >= 4 is 22.5 Å². The van der Waals surface area contributed by atoms with Gasteiger partial charge in [-0.3, -0.25) is 4.90 Å². The first-order valence-electron chi connectivity index (χ1n) is 12.3. The van der Waals surface area contributed by atoms with E-state index >= 15 is 0 Å². The zero-order valence-electron chi connectivity index (χ0n) is 20.4. The first-order valence-corrected chi connectivity index (χ1v) is 12.3. The molecule has 0 unspecified atom stereocenters. The SMILES string of the molecule is COc1nc(NC2CCN(C3COC3)CC2)nn2ccc(-c3ccc4nnn([C@H](C)C(F)(F)F)c4c3)c12. The maximum absolute atomic E-state index is 13.4. The first-order chi connectivity index (χ1) is 17.8. The van der Waals surface area contributed by atoms with Gasteiger partial charge in [0.05, 0.1) is 31.9 Å². The Morgan fingerprint density at radius 3 is 2.62 bits per heavy atom. The van der Waals surface area contributed by atoms with E-state index in [9.17, 15) is 13.2 Å². The number of halogens is 3. The Morgan fingerprint density at radius 1 is 1.16 bits per heavy atom.